The standard InChI is InChI=1S/C17H21N3O2/c1-13-4-6-20(7-5-13)15-9-14(10-18-11-15)17(21)19-12-16-3-2-8-22-16/h2-3,8-11,13H,4-7,12H2,1H3,(H,19,21). The Morgan fingerprint density at radius 1 is 1.41 bits per heavy atom. The molecule has 0 atom stereocenters. The first-order chi connectivity index (χ1) is 10.7. The highest BCUT2D eigenvalue weighted by molar-refractivity contribution is 5.94. The fourth-order valence-corrected chi connectivity index (χ4v) is 2.67. The molecule has 2 aromatic heterocycles. The van der Waals surface area contributed by atoms with E-state index in [1.54, 1.807) is 18.5 Å². The zero-order valence-electron chi connectivity index (χ0n) is 12.8. The molecule has 0 unspecified atom stereocenters. The lowest BCUT2D eigenvalue weighted by atomic mass is 9.99. The summed E-state index contributed by atoms with van der Waals surface area (Å²) < 4.78 is 5.21. The van der Waals surface area contributed by atoms with Crippen LogP contribution in [-0.2, 0) is 6.54 Å². The molecule has 1 fully saturated rings. The van der Waals surface area contributed by atoms with Crippen LogP contribution in [0.4, 0.5) is 5.69 Å². The minimum Gasteiger partial charge on any atom is -0.467 e. The summed E-state index contributed by atoms with van der Waals surface area (Å²) in [7, 11) is 0. The van der Waals surface area contributed by atoms with E-state index in [4.69, 9.17) is 4.42 Å². The summed E-state index contributed by atoms with van der Waals surface area (Å²) in [4.78, 5) is 18.7. The van der Waals surface area contributed by atoms with Gasteiger partial charge in [0.1, 0.15) is 5.76 Å². The van der Waals surface area contributed by atoms with Gasteiger partial charge in [-0.3, -0.25) is 9.78 Å². The van der Waals surface area contributed by atoms with Crippen LogP contribution in [0.15, 0.2) is 41.3 Å². The molecule has 0 aromatic carbocycles. The van der Waals surface area contributed by atoms with Crippen molar-refractivity contribution in [3.63, 3.8) is 0 Å². The van der Waals surface area contributed by atoms with Gasteiger partial charge in [0, 0.05) is 19.3 Å². The molecular formula is C17H21N3O2. The van der Waals surface area contributed by atoms with Gasteiger partial charge in [-0.2, -0.15) is 0 Å². The number of carbonyl (C=O) groups is 1. The van der Waals surface area contributed by atoms with Gasteiger partial charge in [0.15, 0.2) is 0 Å². The van der Waals surface area contributed by atoms with E-state index in [-0.39, 0.29) is 5.91 Å². The predicted octanol–water partition coefficient (Wildman–Crippen LogP) is 2.84. The second-order valence-corrected chi connectivity index (χ2v) is 5.86. The molecule has 0 bridgehead atoms. The fraction of sp³-hybridized carbons (Fsp3) is 0.412. The van der Waals surface area contributed by atoms with Crippen molar-refractivity contribution in [3.8, 4) is 0 Å². The van der Waals surface area contributed by atoms with Gasteiger partial charge in [-0.1, -0.05) is 6.92 Å². The van der Waals surface area contributed by atoms with Crippen molar-refractivity contribution in [2.75, 3.05) is 18.0 Å². The Kier molecular flexibility index (Phi) is 4.42. The van der Waals surface area contributed by atoms with E-state index in [0.717, 1.165) is 30.5 Å². The van der Waals surface area contributed by atoms with Crippen LogP contribution in [0, 0.1) is 5.92 Å². The van der Waals surface area contributed by atoms with E-state index in [1.165, 1.54) is 12.8 Å². The van der Waals surface area contributed by atoms with Crippen LogP contribution >= 0.6 is 0 Å². The molecule has 1 aliphatic rings. The lowest BCUT2D eigenvalue weighted by molar-refractivity contribution is 0.0947. The Hall–Kier alpha value is -2.30. The summed E-state index contributed by atoms with van der Waals surface area (Å²) in [5.41, 5.74) is 1.61. The van der Waals surface area contributed by atoms with E-state index in [0.29, 0.717) is 12.1 Å². The molecule has 1 amide bonds. The number of nitrogens with one attached hydrogen (secondary N) is 1. The molecule has 3 rings (SSSR count). The Balaban J connectivity index is 1.64. The highest BCUT2D eigenvalue weighted by atomic mass is 16.3. The number of anilines is 1. The molecule has 0 saturated carbocycles. The minimum atomic E-state index is -0.129. The summed E-state index contributed by atoms with van der Waals surface area (Å²) in [5, 5.41) is 2.85. The number of aromatic nitrogens is 1. The van der Waals surface area contributed by atoms with Crippen LogP contribution in [0.3, 0.4) is 0 Å². The quantitative estimate of drug-likeness (QED) is 0.943. The first kappa shape index (κ1) is 14.6. The second-order valence-electron chi connectivity index (χ2n) is 5.86. The van der Waals surface area contributed by atoms with Crippen LogP contribution in [-0.4, -0.2) is 24.0 Å². The van der Waals surface area contributed by atoms with Crippen molar-refractivity contribution in [1.82, 2.24) is 10.3 Å². The van der Waals surface area contributed by atoms with E-state index in [1.807, 2.05) is 18.3 Å². The van der Waals surface area contributed by atoms with E-state index in [2.05, 4.69) is 22.1 Å². The van der Waals surface area contributed by atoms with E-state index < -0.39 is 0 Å². The number of piperidine rings is 1. The number of pyridine rings is 1. The topological polar surface area (TPSA) is 58.4 Å². The van der Waals surface area contributed by atoms with Gasteiger partial charge in [-0.15, -0.1) is 0 Å². The SMILES string of the molecule is CC1CCN(c2cncc(C(=O)NCc3ccco3)c2)CC1. The molecule has 3 heterocycles. The third-order valence-electron chi connectivity index (χ3n) is 4.14. The van der Waals surface area contributed by atoms with Gasteiger partial charge in [-0.25, -0.2) is 0 Å². The Labute approximate surface area is 130 Å². The third-order valence-corrected chi connectivity index (χ3v) is 4.14. The van der Waals surface area contributed by atoms with Crippen molar-refractivity contribution < 1.29 is 9.21 Å². The molecule has 1 N–H and O–H groups in total. The van der Waals surface area contributed by atoms with E-state index >= 15 is 0 Å². The smallest absolute Gasteiger partial charge is 0.253 e. The minimum absolute atomic E-state index is 0.129. The number of carbonyl (C=O) groups excluding carboxylic acids is 1. The maximum atomic E-state index is 12.2. The van der Waals surface area contributed by atoms with Crippen molar-refractivity contribution in [2.45, 2.75) is 26.3 Å². The summed E-state index contributed by atoms with van der Waals surface area (Å²) in [5.74, 6) is 1.39. The van der Waals surface area contributed by atoms with Gasteiger partial charge in [0.2, 0.25) is 0 Å². The van der Waals surface area contributed by atoms with Crippen LogP contribution in [0.1, 0.15) is 35.9 Å². The zero-order chi connectivity index (χ0) is 15.4. The van der Waals surface area contributed by atoms with Gasteiger partial charge in [-0.05, 0) is 37.0 Å². The first-order valence-electron chi connectivity index (χ1n) is 7.73. The monoisotopic (exact) mass is 299 g/mol. The summed E-state index contributed by atoms with van der Waals surface area (Å²) in [6.07, 6.45) is 7.41. The fourth-order valence-electron chi connectivity index (χ4n) is 2.67. The van der Waals surface area contributed by atoms with Gasteiger partial charge in [0.05, 0.1) is 30.3 Å². The zero-order valence-corrected chi connectivity index (χ0v) is 12.8. The molecule has 1 aliphatic heterocycles. The summed E-state index contributed by atoms with van der Waals surface area (Å²) in [6.45, 7) is 4.73. The van der Waals surface area contributed by atoms with E-state index in [9.17, 15) is 4.79 Å². The van der Waals surface area contributed by atoms with Crippen LogP contribution < -0.4 is 10.2 Å². The Morgan fingerprint density at radius 2 is 2.23 bits per heavy atom. The van der Waals surface area contributed by atoms with Gasteiger partial charge in [0.25, 0.3) is 5.91 Å². The molecule has 5 heteroatoms. The highest BCUT2D eigenvalue weighted by Gasteiger charge is 2.17. The maximum absolute atomic E-state index is 12.2. The third kappa shape index (κ3) is 3.47. The van der Waals surface area contributed by atoms with Crippen molar-refractivity contribution in [2.24, 2.45) is 5.92 Å². The van der Waals surface area contributed by atoms with Crippen molar-refractivity contribution in [3.05, 3.63) is 48.2 Å². The Morgan fingerprint density at radius 3 is 2.95 bits per heavy atom. The number of hydrogen-bond donors (Lipinski definition) is 1. The second kappa shape index (κ2) is 6.64. The molecule has 0 aliphatic carbocycles. The Bertz CT molecular complexity index is 617. The van der Waals surface area contributed by atoms with Gasteiger partial charge < -0.3 is 14.6 Å². The molecule has 22 heavy (non-hydrogen) atoms. The molecular weight excluding hydrogens is 278 g/mol. The molecule has 2 aromatic rings. The average molecular weight is 299 g/mol. The number of nitrogens with zero attached hydrogens (tertiary/aromatic N) is 2. The molecule has 0 radical (unpaired) electrons. The average Bonchev–Trinajstić information content (AvgIpc) is 3.07. The first-order valence-corrected chi connectivity index (χ1v) is 7.73. The molecule has 0 spiro atoms. The van der Waals surface area contributed by atoms with Crippen LogP contribution in [0.25, 0.3) is 0 Å². The molecule has 1 saturated heterocycles. The largest absolute Gasteiger partial charge is 0.467 e. The normalized spacial score (nSPS) is 15.8. The lowest BCUT2D eigenvalue weighted by Gasteiger charge is -2.32. The number of hydrogen-bond acceptors (Lipinski definition) is 4. The maximum Gasteiger partial charge on any atom is 0.253 e. The molecule has 116 valence electrons. The highest BCUT2D eigenvalue weighted by Crippen LogP contribution is 2.22. The van der Waals surface area contributed by atoms with Crippen molar-refractivity contribution in [1.29, 1.82) is 0 Å². The number of furan rings is 1. The molecule has 5 nitrogen and oxygen atoms in total. The lowest BCUT2D eigenvalue weighted by Crippen LogP contribution is -2.33. The number of rotatable bonds is 4. The predicted molar refractivity (Wildman–Crippen MR) is 84.7 cm³/mol. The van der Waals surface area contributed by atoms with Crippen LogP contribution in [0.5, 0.6) is 0 Å². The van der Waals surface area contributed by atoms with Gasteiger partial charge >= 0.3 is 0 Å². The number of amides is 1. The van der Waals surface area contributed by atoms with Crippen LogP contribution in [0.2, 0.25) is 0 Å². The summed E-state index contributed by atoms with van der Waals surface area (Å²) >= 11 is 0. The van der Waals surface area contributed by atoms with Crippen molar-refractivity contribution >= 4 is 11.6 Å². The summed E-state index contributed by atoms with van der Waals surface area (Å²) in [6, 6.07) is 5.56.